The van der Waals surface area contributed by atoms with Crippen molar-refractivity contribution < 1.29 is 0 Å². The number of pyridine rings is 1. The molecule has 0 radical (unpaired) electrons. The molecule has 2 N–H and O–H groups in total. The lowest BCUT2D eigenvalue weighted by molar-refractivity contribution is 0.689. The van der Waals surface area contributed by atoms with Crippen molar-refractivity contribution in [3.63, 3.8) is 0 Å². The molecule has 0 amide bonds. The van der Waals surface area contributed by atoms with E-state index < -0.39 is 0 Å². The summed E-state index contributed by atoms with van der Waals surface area (Å²) in [4.78, 5) is 4.25. The smallest absolute Gasteiger partial charge is 0.0547 e. The van der Waals surface area contributed by atoms with Crippen LogP contribution < -0.4 is 10.6 Å². The van der Waals surface area contributed by atoms with Gasteiger partial charge in [0.2, 0.25) is 0 Å². The first kappa shape index (κ1) is 16.2. The Balaban J connectivity index is 2.14. The summed E-state index contributed by atoms with van der Waals surface area (Å²) in [6.07, 6.45) is 12.3. The molecular formula is C15H27N3S. The molecule has 0 unspecified atom stereocenters. The van der Waals surface area contributed by atoms with E-state index in [0.717, 1.165) is 30.9 Å². The molecule has 0 aliphatic rings. The van der Waals surface area contributed by atoms with Crippen LogP contribution in [0.5, 0.6) is 0 Å². The number of hydrogen-bond acceptors (Lipinski definition) is 4. The van der Waals surface area contributed by atoms with Crippen LogP contribution in [0, 0.1) is 0 Å². The molecule has 1 heterocycles. The zero-order valence-electron chi connectivity index (χ0n) is 12.2. The molecule has 1 aromatic heterocycles. The monoisotopic (exact) mass is 281 g/mol. The third kappa shape index (κ3) is 7.98. The molecule has 0 saturated carbocycles. The molecule has 0 spiro atoms. The van der Waals surface area contributed by atoms with E-state index in [9.17, 15) is 0 Å². The average Bonchev–Trinajstić information content (AvgIpc) is 2.44. The van der Waals surface area contributed by atoms with Gasteiger partial charge in [-0.2, -0.15) is 11.8 Å². The number of rotatable bonds is 11. The van der Waals surface area contributed by atoms with Crippen LogP contribution in [-0.4, -0.2) is 30.1 Å². The SMILES string of the molecule is CCCNc1cncc(NCCCCCCSC)c1. The minimum atomic E-state index is 1.00. The number of aromatic nitrogens is 1. The van der Waals surface area contributed by atoms with Crippen LogP contribution in [0.2, 0.25) is 0 Å². The first-order valence-electron chi connectivity index (χ1n) is 7.28. The number of hydrogen-bond donors (Lipinski definition) is 2. The van der Waals surface area contributed by atoms with Crippen LogP contribution >= 0.6 is 11.8 Å². The van der Waals surface area contributed by atoms with Gasteiger partial charge >= 0.3 is 0 Å². The molecule has 1 aromatic rings. The largest absolute Gasteiger partial charge is 0.384 e. The van der Waals surface area contributed by atoms with Crippen molar-refractivity contribution in [2.24, 2.45) is 0 Å². The van der Waals surface area contributed by atoms with Gasteiger partial charge in [-0.3, -0.25) is 4.98 Å². The van der Waals surface area contributed by atoms with Crippen molar-refractivity contribution in [1.29, 1.82) is 0 Å². The fourth-order valence-electron chi connectivity index (χ4n) is 1.86. The Bertz CT molecular complexity index is 331. The third-order valence-corrected chi connectivity index (χ3v) is 3.62. The van der Waals surface area contributed by atoms with E-state index in [0.29, 0.717) is 0 Å². The zero-order valence-corrected chi connectivity index (χ0v) is 13.1. The van der Waals surface area contributed by atoms with Crippen molar-refractivity contribution in [1.82, 2.24) is 4.98 Å². The maximum atomic E-state index is 4.25. The molecule has 0 fully saturated rings. The van der Waals surface area contributed by atoms with E-state index >= 15 is 0 Å². The first-order chi connectivity index (χ1) is 9.36. The van der Waals surface area contributed by atoms with E-state index in [1.165, 1.54) is 31.4 Å². The summed E-state index contributed by atoms with van der Waals surface area (Å²) in [6.45, 7) is 4.21. The Morgan fingerprint density at radius 1 is 1.00 bits per heavy atom. The van der Waals surface area contributed by atoms with Crippen LogP contribution in [-0.2, 0) is 0 Å². The van der Waals surface area contributed by atoms with Crippen molar-refractivity contribution in [2.45, 2.75) is 39.0 Å². The number of unbranched alkanes of at least 4 members (excludes halogenated alkanes) is 3. The minimum Gasteiger partial charge on any atom is -0.384 e. The normalized spacial score (nSPS) is 10.4. The quantitative estimate of drug-likeness (QED) is 0.595. The lowest BCUT2D eigenvalue weighted by Gasteiger charge is -2.09. The van der Waals surface area contributed by atoms with Gasteiger partial charge < -0.3 is 10.6 Å². The van der Waals surface area contributed by atoms with Crippen molar-refractivity contribution in [3.8, 4) is 0 Å². The third-order valence-electron chi connectivity index (χ3n) is 2.92. The molecular weight excluding hydrogens is 254 g/mol. The highest BCUT2D eigenvalue weighted by molar-refractivity contribution is 7.98. The van der Waals surface area contributed by atoms with Crippen LogP contribution in [0.4, 0.5) is 11.4 Å². The molecule has 4 heteroatoms. The minimum absolute atomic E-state index is 1.00. The fourth-order valence-corrected chi connectivity index (χ4v) is 2.35. The van der Waals surface area contributed by atoms with Gasteiger partial charge in [0.05, 0.1) is 23.8 Å². The second-order valence-electron chi connectivity index (χ2n) is 4.72. The Hall–Kier alpha value is -0.900. The molecule has 0 aromatic carbocycles. The second-order valence-corrected chi connectivity index (χ2v) is 5.71. The van der Waals surface area contributed by atoms with Gasteiger partial charge in [-0.05, 0) is 37.3 Å². The van der Waals surface area contributed by atoms with Gasteiger partial charge in [-0.1, -0.05) is 19.8 Å². The molecule has 19 heavy (non-hydrogen) atoms. The summed E-state index contributed by atoms with van der Waals surface area (Å²) < 4.78 is 0. The lowest BCUT2D eigenvalue weighted by atomic mass is 10.2. The predicted octanol–water partition coefficient (Wildman–Crippen LogP) is 4.24. The lowest BCUT2D eigenvalue weighted by Crippen LogP contribution is -2.04. The highest BCUT2D eigenvalue weighted by atomic mass is 32.2. The Morgan fingerprint density at radius 2 is 1.68 bits per heavy atom. The predicted molar refractivity (Wildman–Crippen MR) is 88.4 cm³/mol. The number of nitrogens with zero attached hydrogens (tertiary/aromatic N) is 1. The maximum Gasteiger partial charge on any atom is 0.0547 e. The zero-order chi connectivity index (χ0) is 13.8. The topological polar surface area (TPSA) is 37.0 Å². The molecule has 1 rings (SSSR count). The summed E-state index contributed by atoms with van der Waals surface area (Å²) >= 11 is 1.94. The molecule has 0 aliphatic heterocycles. The first-order valence-corrected chi connectivity index (χ1v) is 8.68. The van der Waals surface area contributed by atoms with Crippen molar-refractivity contribution >= 4 is 23.1 Å². The van der Waals surface area contributed by atoms with Crippen molar-refractivity contribution in [3.05, 3.63) is 18.5 Å². The molecule has 0 aliphatic carbocycles. The van der Waals surface area contributed by atoms with E-state index in [4.69, 9.17) is 0 Å². The second kappa shape index (κ2) is 11.0. The van der Waals surface area contributed by atoms with Crippen LogP contribution in [0.1, 0.15) is 39.0 Å². The molecule has 0 atom stereocenters. The van der Waals surface area contributed by atoms with Gasteiger partial charge in [0.25, 0.3) is 0 Å². The average molecular weight is 281 g/mol. The number of thioether (sulfide) groups is 1. The summed E-state index contributed by atoms with van der Waals surface area (Å²) in [5.41, 5.74) is 2.22. The summed E-state index contributed by atoms with van der Waals surface area (Å²) in [5, 5.41) is 6.80. The van der Waals surface area contributed by atoms with Crippen LogP contribution in [0.3, 0.4) is 0 Å². The summed E-state index contributed by atoms with van der Waals surface area (Å²) in [5.74, 6) is 1.29. The van der Waals surface area contributed by atoms with E-state index in [1.807, 2.05) is 24.2 Å². The van der Waals surface area contributed by atoms with Gasteiger partial charge in [0.1, 0.15) is 0 Å². The molecule has 3 nitrogen and oxygen atoms in total. The highest BCUT2D eigenvalue weighted by Crippen LogP contribution is 2.13. The Kier molecular flexibility index (Phi) is 9.33. The van der Waals surface area contributed by atoms with E-state index in [1.54, 1.807) is 0 Å². The van der Waals surface area contributed by atoms with Gasteiger partial charge in [-0.25, -0.2) is 0 Å². The van der Waals surface area contributed by atoms with Gasteiger partial charge in [-0.15, -0.1) is 0 Å². The van der Waals surface area contributed by atoms with E-state index in [2.05, 4.69) is 34.9 Å². The summed E-state index contributed by atoms with van der Waals surface area (Å²) in [7, 11) is 0. The Morgan fingerprint density at radius 3 is 2.37 bits per heavy atom. The highest BCUT2D eigenvalue weighted by Gasteiger charge is 1.96. The Labute approximate surface area is 122 Å². The van der Waals surface area contributed by atoms with Gasteiger partial charge in [0.15, 0.2) is 0 Å². The molecule has 0 bridgehead atoms. The fraction of sp³-hybridized carbons (Fsp3) is 0.667. The van der Waals surface area contributed by atoms with Crippen LogP contribution in [0.25, 0.3) is 0 Å². The van der Waals surface area contributed by atoms with Crippen LogP contribution in [0.15, 0.2) is 18.5 Å². The van der Waals surface area contributed by atoms with Crippen molar-refractivity contribution in [2.75, 3.05) is 35.7 Å². The van der Waals surface area contributed by atoms with E-state index in [-0.39, 0.29) is 0 Å². The molecule has 0 saturated heterocycles. The van der Waals surface area contributed by atoms with Gasteiger partial charge in [0, 0.05) is 13.1 Å². The summed E-state index contributed by atoms with van der Waals surface area (Å²) in [6, 6.07) is 2.14. The number of nitrogens with one attached hydrogen (secondary N) is 2. The maximum absolute atomic E-state index is 4.25. The molecule has 108 valence electrons. The standard InChI is InChI=1S/C15H27N3S/c1-3-8-17-14-11-15(13-16-12-14)18-9-6-4-5-7-10-19-2/h11-13,17-18H,3-10H2,1-2H3. The number of anilines is 2.